The van der Waals surface area contributed by atoms with Crippen molar-refractivity contribution in [3.63, 3.8) is 0 Å². The molecule has 14 rings (SSSR count). The van der Waals surface area contributed by atoms with Crippen molar-refractivity contribution < 1.29 is 0 Å². The van der Waals surface area contributed by atoms with Crippen LogP contribution in [0.3, 0.4) is 0 Å². The number of para-hydroxylation sites is 4. The van der Waals surface area contributed by atoms with Crippen LogP contribution < -0.4 is 0 Å². The summed E-state index contributed by atoms with van der Waals surface area (Å²) in [4.78, 5) is 16.6. The molecule has 4 aromatic heterocycles. The quantitative estimate of drug-likeness (QED) is 0.160. The average molecular weight is 881 g/mol. The number of rotatable bonds is 7. The molecule has 0 radical (unpaired) electrons. The molecule has 69 heavy (non-hydrogen) atoms. The van der Waals surface area contributed by atoms with Gasteiger partial charge in [0, 0.05) is 37.9 Å². The summed E-state index contributed by atoms with van der Waals surface area (Å²) in [5.41, 5.74) is 14.7. The minimum absolute atomic E-state index is 0.541. The molecule has 0 aliphatic rings. The van der Waals surface area contributed by atoms with Gasteiger partial charge in [-0.25, -0.2) is 4.98 Å². The molecule has 0 saturated heterocycles. The Balaban J connectivity index is 1.15. The zero-order chi connectivity index (χ0) is 45.4. The van der Waals surface area contributed by atoms with Crippen LogP contribution in [-0.4, -0.2) is 28.7 Å². The molecule has 0 aliphatic heterocycles. The third-order valence-electron chi connectivity index (χ3n) is 13.7. The minimum Gasteiger partial charge on any atom is -0.308 e. The smallest absolute Gasteiger partial charge is 0.238 e. The molecule has 4 heterocycles. The van der Waals surface area contributed by atoms with Gasteiger partial charge in [0.15, 0.2) is 11.6 Å². The lowest BCUT2D eigenvalue weighted by Crippen LogP contribution is -2.10. The molecule has 0 amide bonds. The van der Waals surface area contributed by atoms with Gasteiger partial charge in [-0.3, -0.25) is 4.57 Å². The Morgan fingerprint density at radius 2 is 0.594 bits per heavy atom. The molecule has 0 atom stereocenters. The highest BCUT2D eigenvalue weighted by molar-refractivity contribution is 6.13. The van der Waals surface area contributed by atoms with Crippen molar-refractivity contribution in [1.82, 2.24) is 28.7 Å². The van der Waals surface area contributed by atoms with Crippen molar-refractivity contribution in [1.29, 1.82) is 0 Å². The van der Waals surface area contributed by atoms with E-state index in [4.69, 9.17) is 15.0 Å². The van der Waals surface area contributed by atoms with Crippen LogP contribution in [0.5, 0.6) is 0 Å². The van der Waals surface area contributed by atoms with Crippen molar-refractivity contribution >= 4 is 65.4 Å². The highest BCUT2D eigenvalue weighted by Gasteiger charge is 2.26. The normalized spacial score (nSPS) is 11.8. The number of aromatic nitrogens is 6. The maximum atomic E-state index is 5.68. The summed E-state index contributed by atoms with van der Waals surface area (Å²) in [7, 11) is 0. The summed E-state index contributed by atoms with van der Waals surface area (Å²) < 4.78 is 7.04. The molecule has 0 N–H and O–H groups in total. The summed E-state index contributed by atoms with van der Waals surface area (Å²) in [6.45, 7) is 0. The monoisotopic (exact) mass is 880 g/mol. The first-order chi connectivity index (χ1) is 34.2. The summed E-state index contributed by atoms with van der Waals surface area (Å²) in [5.74, 6) is 1.68. The van der Waals surface area contributed by atoms with Gasteiger partial charge in [0.25, 0.3) is 0 Å². The molecular formula is C63H40N6. The first kappa shape index (κ1) is 38.8. The van der Waals surface area contributed by atoms with Gasteiger partial charge in [-0.1, -0.05) is 194 Å². The van der Waals surface area contributed by atoms with Gasteiger partial charge in [-0.2, -0.15) is 9.97 Å². The SMILES string of the molecule is c1ccc(-c2ccc3c4ccccc4n(-c4cccc(-n5c6ccccc6c6ccc(-c7ccccc7)cc65)c4-c4nc(-c5ccccc5)nc(-n5c6ccccc6c6ccccc65)n4)c3c2)cc1. The summed E-state index contributed by atoms with van der Waals surface area (Å²) in [6.07, 6.45) is 0. The first-order valence-corrected chi connectivity index (χ1v) is 23.4. The van der Waals surface area contributed by atoms with E-state index in [1.165, 1.54) is 10.8 Å². The van der Waals surface area contributed by atoms with Crippen LogP contribution in [0.1, 0.15) is 0 Å². The van der Waals surface area contributed by atoms with E-state index in [9.17, 15) is 0 Å². The van der Waals surface area contributed by atoms with Crippen LogP contribution in [0.4, 0.5) is 0 Å². The maximum absolute atomic E-state index is 5.68. The van der Waals surface area contributed by atoms with Crippen LogP contribution in [0.15, 0.2) is 243 Å². The molecule has 322 valence electrons. The van der Waals surface area contributed by atoms with Crippen molar-refractivity contribution in [3.8, 4) is 62.4 Å². The van der Waals surface area contributed by atoms with E-state index in [0.29, 0.717) is 17.6 Å². The van der Waals surface area contributed by atoms with E-state index in [2.05, 4.69) is 238 Å². The lowest BCUT2D eigenvalue weighted by molar-refractivity contribution is 0.949. The van der Waals surface area contributed by atoms with E-state index < -0.39 is 0 Å². The fourth-order valence-corrected chi connectivity index (χ4v) is 10.6. The van der Waals surface area contributed by atoms with Gasteiger partial charge in [0.05, 0.1) is 50.0 Å². The van der Waals surface area contributed by atoms with E-state index >= 15 is 0 Å². The first-order valence-electron chi connectivity index (χ1n) is 23.4. The van der Waals surface area contributed by atoms with Crippen molar-refractivity contribution in [2.75, 3.05) is 0 Å². The lowest BCUT2D eigenvalue weighted by atomic mass is 10.0. The Morgan fingerprint density at radius 1 is 0.232 bits per heavy atom. The molecule has 0 bridgehead atoms. The molecule has 6 nitrogen and oxygen atoms in total. The molecule has 0 unspecified atom stereocenters. The van der Waals surface area contributed by atoms with Gasteiger partial charge in [-0.05, 0) is 70.8 Å². The Morgan fingerprint density at radius 3 is 1.04 bits per heavy atom. The molecule has 0 aliphatic carbocycles. The molecule has 6 heteroatoms. The number of nitrogens with zero attached hydrogens (tertiary/aromatic N) is 6. The summed E-state index contributed by atoms with van der Waals surface area (Å²) in [5, 5.41) is 6.93. The third-order valence-corrected chi connectivity index (χ3v) is 13.7. The highest BCUT2D eigenvalue weighted by Crippen LogP contribution is 2.43. The van der Waals surface area contributed by atoms with Crippen LogP contribution in [-0.2, 0) is 0 Å². The largest absolute Gasteiger partial charge is 0.308 e. The topological polar surface area (TPSA) is 53.5 Å². The molecular weight excluding hydrogens is 841 g/mol. The third kappa shape index (κ3) is 6.16. The number of hydrogen-bond donors (Lipinski definition) is 0. The zero-order valence-electron chi connectivity index (χ0n) is 37.3. The highest BCUT2D eigenvalue weighted by atomic mass is 15.2. The Bertz CT molecular complexity index is 4070. The second kappa shape index (κ2) is 15.6. The van der Waals surface area contributed by atoms with E-state index in [1.807, 2.05) is 18.2 Å². The van der Waals surface area contributed by atoms with Gasteiger partial charge in [-0.15, -0.1) is 0 Å². The van der Waals surface area contributed by atoms with Crippen molar-refractivity contribution in [2.24, 2.45) is 0 Å². The number of hydrogen-bond acceptors (Lipinski definition) is 3. The van der Waals surface area contributed by atoms with Crippen LogP contribution in [0, 0.1) is 0 Å². The molecule has 0 fully saturated rings. The summed E-state index contributed by atoms with van der Waals surface area (Å²) >= 11 is 0. The molecule has 0 spiro atoms. The Hall–Kier alpha value is -9.39. The second-order valence-corrected chi connectivity index (χ2v) is 17.6. The summed E-state index contributed by atoms with van der Waals surface area (Å²) in [6, 6.07) is 86.4. The molecule has 0 saturated carbocycles. The van der Waals surface area contributed by atoms with Gasteiger partial charge in [0.2, 0.25) is 5.95 Å². The van der Waals surface area contributed by atoms with Gasteiger partial charge >= 0.3 is 0 Å². The van der Waals surface area contributed by atoms with E-state index in [1.54, 1.807) is 0 Å². The predicted octanol–water partition coefficient (Wildman–Crippen LogP) is 15.8. The average Bonchev–Trinajstić information content (AvgIpc) is 4.06. The number of benzene rings is 10. The van der Waals surface area contributed by atoms with Crippen LogP contribution in [0.2, 0.25) is 0 Å². The van der Waals surface area contributed by atoms with Crippen LogP contribution in [0.25, 0.3) is 128 Å². The fourth-order valence-electron chi connectivity index (χ4n) is 10.6. The fraction of sp³-hybridized carbons (Fsp3) is 0. The second-order valence-electron chi connectivity index (χ2n) is 17.6. The van der Waals surface area contributed by atoms with Crippen molar-refractivity contribution in [2.45, 2.75) is 0 Å². The lowest BCUT2D eigenvalue weighted by Gasteiger charge is -2.20. The van der Waals surface area contributed by atoms with Crippen LogP contribution >= 0.6 is 0 Å². The van der Waals surface area contributed by atoms with Crippen molar-refractivity contribution in [3.05, 3.63) is 243 Å². The van der Waals surface area contributed by atoms with E-state index in [-0.39, 0.29) is 0 Å². The minimum atomic E-state index is 0.541. The number of fused-ring (bicyclic) bond motifs is 9. The zero-order valence-corrected chi connectivity index (χ0v) is 37.3. The van der Waals surface area contributed by atoms with E-state index in [0.717, 1.165) is 99.4 Å². The maximum Gasteiger partial charge on any atom is 0.238 e. The Kier molecular flexibility index (Phi) is 8.79. The molecule has 14 aromatic rings. The standard InChI is InChI=1S/C63H40N6/c1-4-19-41(20-5-1)44-35-37-50-48-27-10-14-29-52(48)67(58(50)39-44)56-33-18-34-57(68-53-30-15-11-28-49(53)51-38-36-45(40-59(51)68)42-21-6-2-7-22-42)60(56)62-64-61(43-23-8-3-9-24-43)65-63(66-62)69-54-31-16-12-25-46(54)47-26-13-17-32-55(47)69/h1-40H. The predicted molar refractivity (Wildman–Crippen MR) is 285 cm³/mol. The molecule has 10 aromatic carbocycles. The van der Waals surface area contributed by atoms with Gasteiger partial charge < -0.3 is 9.13 Å². The van der Waals surface area contributed by atoms with Gasteiger partial charge in [0.1, 0.15) is 0 Å². The Labute approximate surface area is 397 Å².